The number of urea groups is 1. The van der Waals surface area contributed by atoms with Gasteiger partial charge in [0.25, 0.3) is 5.91 Å². The van der Waals surface area contributed by atoms with Crippen LogP contribution in [0.3, 0.4) is 0 Å². The number of anilines is 4. The zero-order valence-corrected chi connectivity index (χ0v) is 22.4. The first-order valence-corrected chi connectivity index (χ1v) is 12.4. The SMILES string of the molecule is COc1ccc(CNc2cc(N(C)C(=O)Nc3cc(NC(=O)c4cccc(C(F)(F)F)c4)ccc3C)ncn2)cc1. The summed E-state index contributed by atoms with van der Waals surface area (Å²) in [4.78, 5) is 35.3. The van der Waals surface area contributed by atoms with Crippen molar-refractivity contribution in [3.05, 3.63) is 101 Å². The van der Waals surface area contributed by atoms with Gasteiger partial charge in [0.05, 0.1) is 12.7 Å². The quantitative estimate of drug-likeness (QED) is 0.230. The molecule has 1 heterocycles. The summed E-state index contributed by atoms with van der Waals surface area (Å²) in [6.07, 6.45) is -3.23. The Hall–Kier alpha value is -5.13. The monoisotopic (exact) mass is 564 g/mol. The largest absolute Gasteiger partial charge is 0.497 e. The summed E-state index contributed by atoms with van der Waals surface area (Å²) < 4.78 is 44.2. The van der Waals surface area contributed by atoms with E-state index in [-0.39, 0.29) is 5.56 Å². The fraction of sp³-hybridized carbons (Fsp3) is 0.172. The van der Waals surface area contributed by atoms with E-state index in [1.54, 1.807) is 39.3 Å². The van der Waals surface area contributed by atoms with Crippen LogP contribution in [-0.4, -0.2) is 36.1 Å². The van der Waals surface area contributed by atoms with Crippen molar-refractivity contribution in [1.82, 2.24) is 9.97 Å². The van der Waals surface area contributed by atoms with Crippen molar-refractivity contribution >= 4 is 34.9 Å². The highest BCUT2D eigenvalue weighted by Crippen LogP contribution is 2.30. The summed E-state index contributed by atoms with van der Waals surface area (Å²) in [5, 5.41) is 8.54. The van der Waals surface area contributed by atoms with E-state index in [4.69, 9.17) is 4.74 Å². The molecule has 0 fully saturated rings. The van der Waals surface area contributed by atoms with Crippen molar-refractivity contribution in [3.8, 4) is 5.75 Å². The zero-order valence-electron chi connectivity index (χ0n) is 22.4. The number of carbonyl (C=O) groups excluding carboxylic acids is 2. The topological polar surface area (TPSA) is 108 Å². The van der Waals surface area contributed by atoms with Gasteiger partial charge in [-0.05, 0) is 60.5 Å². The van der Waals surface area contributed by atoms with Gasteiger partial charge in [0.15, 0.2) is 0 Å². The molecule has 12 heteroatoms. The highest BCUT2D eigenvalue weighted by atomic mass is 19.4. The predicted octanol–water partition coefficient (Wildman–Crippen LogP) is 6.35. The number of hydrogen-bond acceptors (Lipinski definition) is 6. The van der Waals surface area contributed by atoms with E-state index in [9.17, 15) is 22.8 Å². The first kappa shape index (κ1) is 28.9. The second kappa shape index (κ2) is 12.4. The van der Waals surface area contributed by atoms with Gasteiger partial charge in [0.2, 0.25) is 0 Å². The molecule has 9 nitrogen and oxygen atoms in total. The van der Waals surface area contributed by atoms with Gasteiger partial charge in [0.1, 0.15) is 23.7 Å². The number of aromatic nitrogens is 2. The minimum atomic E-state index is -4.57. The average Bonchev–Trinajstić information content (AvgIpc) is 2.97. The van der Waals surface area contributed by atoms with E-state index in [2.05, 4.69) is 25.9 Å². The lowest BCUT2D eigenvalue weighted by molar-refractivity contribution is -0.137. The Kier molecular flexibility index (Phi) is 8.71. The molecule has 3 N–H and O–H groups in total. The maximum absolute atomic E-state index is 13.0. The molecule has 0 saturated carbocycles. The van der Waals surface area contributed by atoms with Crippen molar-refractivity contribution < 1.29 is 27.5 Å². The van der Waals surface area contributed by atoms with Crippen LogP contribution in [0, 0.1) is 6.92 Å². The fourth-order valence-electron chi connectivity index (χ4n) is 3.74. The summed E-state index contributed by atoms with van der Waals surface area (Å²) in [7, 11) is 3.14. The number of alkyl halides is 3. The molecule has 0 saturated heterocycles. The molecule has 0 aliphatic rings. The fourth-order valence-corrected chi connectivity index (χ4v) is 3.74. The van der Waals surface area contributed by atoms with Crippen LogP contribution >= 0.6 is 0 Å². The zero-order chi connectivity index (χ0) is 29.6. The molecular formula is C29H27F3N6O3. The highest BCUT2D eigenvalue weighted by Gasteiger charge is 2.31. The smallest absolute Gasteiger partial charge is 0.416 e. The molecule has 4 rings (SSSR count). The van der Waals surface area contributed by atoms with Gasteiger partial charge in [0, 0.05) is 36.6 Å². The molecule has 41 heavy (non-hydrogen) atoms. The third-order valence-electron chi connectivity index (χ3n) is 6.12. The normalized spacial score (nSPS) is 11.0. The van der Waals surface area contributed by atoms with E-state index < -0.39 is 23.7 Å². The standard InChI is InChI=1S/C29H27F3N6O3/c1-18-7-10-22(36-27(39)20-5-4-6-21(13-20)29(30,31)32)14-24(18)37-28(40)38(2)26-15-25(34-17-35-26)33-16-19-8-11-23(41-3)12-9-19/h4-15,17H,16H2,1-3H3,(H,36,39)(H,37,40)(H,33,34,35). The van der Waals surface area contributed by atoms with Crippen LogP contribution in [0.1, 0.15) is 27.0 Å². The van der Waals surface area contributed by atoms with E-state index in [0.717, 1.165) is 23.4 Å². The van der Waals surface area contributed by atoms with Crippen LogP contribution in [0.15, 0.2) is 79.1 Å². The molecule has 0 aliphatic carbocycles. The molecular weight excluding hydrogens is 537 g/mol. The Balaban J connectivity index is 1.41. The van der Waals surface area contributed by atoms with Gasteiger partial charge in [-0.2, -0.15) is 13.2 Å². The molecule has 212 valence electrons. The summed E-state index contributed by atoms with van der Waals surface area (Å²) in [5.41, 5.74) is 1.33. The number of carbonyl (C=O) groups is 2. The van der Waals surface area contributed by atoms with Gasteiger partial charge in [-0.1, -0.05) is 24.3 Å². The van der Waals surface area contributed by atoms with Gasteiger partial charge >= 0.3 is 12.2 Å². The number of aryl methyl sites for hydroxylation is 1. The maximum Gasteiger partial charge on any atom is 0.416 e. The second-order valence-electron chi connectivity index (χ2n) is 9.01. The first-order chi connectivity index (χ1) is 19.5. The number of benzene rings is 3. The van der Waals surface area contributed by atoms with Crippen LogP contribution in [0.2, 0.25) is 0 Å². The predicted molar refractivity (Wildman–Crippen MR) is 150 cm³/mol. The number of halogens is 3. The van der Waals surface area contributed by atoms with Crippen molar-refractivity contribution in [2.45, 2.75) is 19.6 Å². The Morgan fingerprint density at radius 1 is 0.951 bits per heavy atom. The molecule has 0 bridgehead atoms. The summed E-state index contributed by atoms with van der Waals surface area (Å²) in [6, 6.07) is 17.6. The lowest BCUT2D eigenvalue weighted by Gasteiger charge is -2.19. The summed E-state index contributed by atoms with van der Waals surface area (Å²) in [5.74, 6) is 0.886. The third kappa shape index (κ3) is 7.50. The Bertz CT molecular complexity index is 1540. The summed E-state index contributed by atoms with van der Waals surface area (Å²) >= 11 is 0. The Labute approximate surface area is 234 Å². The number of rotatable bonds is 8. The lowest BCUT2D eigenvalue weighted by Crippen LogP contribution is -2.32. The minimum absolute atomic E-state index is 0.147. The van der Waals surface area contributed by atoms with E-state index in [1.165, 1.54) is 29.4 Å². The van der Waals surface area contributed by atoms with Gasteiger partial charge in [-0.3, -0.25) is 9.69 Å². The molecule has 4 aromatic rings. The van der Waals surface area contributed by atoms with Gasteiger partial charge in [-0.15, -0.1) is 0 Å². The van der Waals surface area contributed by atoms with Gasteiger partial charge < -0.3 is 20.7 Å². The van der Waals surface area contributed by atoms with Crippen LogP contribution < -0.4 is 25.6 Å². The van der Waals surface area contributed by atoms with E-state index >= 15 is 0 Å². The molecule has 0 atom stereocenters. The van der Waals surface area contributed by atoms with Crippen molar-refractivity contribution in [2.75, 3.05) is 35.0 Å². The number of methoxy groups -OCH3 is 1. The number of amides is 3. The number of ether oxygens (including phenoxy) is 1. The van der Waals surface area contributed by atoms with Gasteiger partial charge in [-0.25, -0.2) is 14.8 Å². The van der Waals surface area contributed by atoms with Crippen molar-refractivity contribution in [1.29, 1.82) is 0 Å². The lowest BCUT2D eigenvalue weighted by atomic mass is 10.1. The number of hydrogen-bond donors (Lipinski definition) is 3. The molecule has 0 radical (unpaired) electrons. The number of nitrogens with one attached hydrogen (secondary N) is 3. The third-order valence-corrected chi connectivity index (χ3v) is 6.12. The number of nitrogens with zero attached hydrogens (tertiary/aromatic N) is 3. The Morgan fingerprint density at radius 3 is 2.41 bits per heavy atom. The van der Waals surface area contributed by atoms with Crippen LogP contribution in [0.5, 0.6) is 5.75 Å². The summed E-state index contributed by atoms with van der Waals surface area (Å²) in [6.45, 7) is 2.26. The molecule has 3 amide bonds. The van der Waals surface area contributed by atoms with E-state index in [1.807, 2.05) is 24.3 Å². The van der Waals surface area contributed by atoms with Crippen molar-refractivity contribution in [2.24, 2.45) is 0 Å². The van der Waals surface area contributed by atoms with Crippen LogP contribution in [-0.2, 0) is 12.7 Å². The molecule has 0 aliphatic heterocycles. The molecule has 3 aromatic carbocycles. The van der Waals surface area contributed by atoms with Crippen LogP contribution in [0.25, 0.3) is 0 Å². The highest BCUT2D eigenvalue weighted by molar-refractivity contribution is 6.05. The first-order valence-electron chi connectivity index (χ1n) is 12.4. The average molecular weight is 565 g/mol. The maximum atomic E-state index is 13.0. The molecule has 0 unspecified atom stereocenters. The van der Waals surface area contributed by atoms with Crippen LogP contribution in [0.4, 0.5) is 41.0 Å². The van der Waals surface area contributed by atoms with E-state index in [0.29, 0.717) is 35.1 Å². The molecule has 1 aromatic heterocycles. The minimum Gasteiger partial charge on any atom is -0.497 e. The Morgan fingerprint density at radius 2 is 1.71 bits per heavy atom. The van der Waals surface area contributed by atoms with Crippen molar-refractivity contribution in [3.63, 3.8) is 0 Å². The molecule has 0 spiro atoms. The second-order valence-corrected chi connectivity index (χ2v) is 9.01.